The first kappa shape index (κ1) is 41.5. The van der Waals surface area contributed by atoms with Crippen molar-refractivity contribution in [3.63, 3.8) is 0 Å². The highest BCUT2D eigenvalue weighted by Gasteiger charge is 2.32. The van der Waals surface area contributed by atoms with Gasteiger partial charge in [0.25, 0.3) is 0 Å². The minimum atomic E-state index is -1.34. The van der Waals surface area contributed by atoms with Crippen molar-refractivity contribution in [2.45, 2.75) is 78.2 Å². The van der Waals surface area contributed by atoms with Gasteiger partial charge >= 0.3 is 0 Å². The lowest BCUT2D eigenvalue weighted by atomic mass is 9.87. The highest BCUT2D eigenvalue weighted by atomic mass is 33.1. The quantitative estimate of drug-likeness (QED) is 0.0471. The molecule has 1 atom stereocenters. The fraction of sp³-hybridized carbons (Fsp3) is 0.559. The summed E-state index contributed by atoms with van der Waals surface area (Å²) in [4.78, 5) is 35.7. The molecule has 248 valence electrons. The summed E-state index contributed by atoms with van der Waals surface area (Å²) in [7, 11) is 3.25. The van der Waals surface area contributed by atoms with Gasteiger partial charge in [0, 0.05) is 49.4 Å². The SMILES string of the molecule is CC/C=C\C/C=C\C/C=C\C/C=C\C/C=C\C/C=C\CC(=O)NCCSSCCNC(=O)CCNC(=O)[C@H](O)C(C)(C)CO. The molecule has 0 fully saturated rings. The average molecular weight is 650 g/mol. The van der Waals surface area contributed by atoms with Crippen LogP contribution in [-0.4, -0.2) is 71.8 Å². The van der Waals surface area contributed by atoms with Crippen molar-refractivity contribution in [2.75, 3.05) is 37.7 Å². The van der Waals surface area contributed by atoms with E-state index < -0.39 is 17.4 Å². The Morgan fingerprint density at radius 3 is 1.55 bits per heavy atom. The van der Waals surface area contributed by atoms with Gasteiger partial charge in [-0.15, -0.1) is 0 Å². The number of rotatable bonds is 26. The van der Waals surface area contributed by atoms with Crippen LogP contribution in [0, 0.1) is 5.41 Å². The van der Waals surface area contributed by atoms with E-state index in [-0.39, 0.29) is 31.4 Å². The van der Waals surface area contributed by atoms with Crippen molar-refractivity contribution in [2.24, 2.45) is 5.41 Å². The van der Waals surface area contributed by atoms with Crippen LogP contribution in [-0.2, 0) is 14.4 Å². The first-order valence-electron chi connectivity index (χ1n) is 15.5. The van der Waals surface area contributed by atoms with E-state index in [0.717, 1.165) is 50.0 Å². The molecule has 0 unspecified atom stereocenters. The molecule has 0 aliphatic heterocycles. The van der Waals surface area contributed by atoms with Crippen molar-refractivity contribution in [3.05, 3.63) is 72.9 Å². The second-order valence-electron chi connectivity index (χ2n) is 10.6. The highest BCUT2D eigenvalue weighted by Crippen LogP contribution is 2.20. The molecule has 0 aromatic carbocycles. The smallest absolute Gasteiger partial charge is 0.249 e. The zero-order valence-electron chi connectivity index (χ0n) is 26.8. The zero-order chi connectivity index (χ0) is 32.7. The molecule has 0 saturated carbocycles. The summed E-state index contributed by atoms with van der Waals surface area (Å²) in [5.41, 5.74) is -0.946. The van der Waals surface area contributed by atoms with E-state index in [1.807, 2.05) is 12.2 Å². The molecule has 3 amide bonds. The summed E-state index contributed by atoms with van der Waals surface area (Å²) in [5, 5.41) is 27.3. The second-order valence-corrected chi connectivity index (χ2v) is 13.3. The zero-order valence-corrected chi connectivity index (χ0v) is 28.5. The van der Waals surface area contributed by atoms with Gasteiger partial charge in [-0.3, -0.25) is 14.4 Å². The van der Waals surface area contributed by atoms with Gasteiger partial charge in [0.15, 0.2) is 0 Å². The molecule has 0 bridgehead atoms. The maximum Gasteiger partial charge on any atom is 0.249 e. The number of amides is 3. The third-order valence-electron chi connectivity index (χ3n) is 6.05. The maximum atomic E-state index is 11.9. The van der Waals surface area contributed by atoms with Gasteiger partial charge in [-0.05, 0) is 38.5 Å². The number of aliphatic hydroxyl groups is 2. The number of allylic oxidation sites excluding steroid dienone is 11. The van der Waals surface area contributed by atoms with Crippen LogP contribution in [0.2, 0.25) is 0 Å². The molecule has 0 aliphatic carbocycles. The van der Waals surface area contributed by atoms with Crippen molar-refractivity contribution < 1.29 is 24.6 Å². The molecule has 8 nitrogen and oxygen atoms in total. The lowest BCUT2D eigenvalue weighted by Gasteiger charge is -2.27. The maximum absolute atomic E-state index is 11.9. The largest absolute Gasteiger partial charge is 0.396 e. The van der Waals surface area contributed by atoms with Gasteiger partial charge < -0.3 is 26.2 Å². The van der Waals surface area contributed by atoms with Crippen LogP contribution in [0.5, 0.6) is 0 Å². The molecule has 10 heteroatoms. The lowest BCUT2D eigenvalue weighted by Crippen LogP contribution is -2.46. The van der Waals surface area contributed by atoms with Gasteiger partial charge in [0.2, 0.25) is 17.7 Å². The molecule has 5 N–H and O–H groups in total. The van der Waals surface area contributed by atoms with Crippen molar-refractivity contribution in [1.29, 1.82) is 0 Å². The minimum Gasteiger partial charge on any atom is -0.396 e. The van der Waals surface area contributed by atoms with Crippen LogP contribution in [0.15, 0.2) is 72.9 Å². The van der Waals surface area contributed by atoms with Gasteiger partial charge in [-0.1, -0.05) is 115 Å². The third-order valence-corrected chi connectivity index (χ3v) is 8.45. The fourth-order valence-electron chi connectivity index (χ4n) is 3.29. The molecule has 0 rings (SSSR count). The Labute approximate surface area is 273 Å². The molecule has 0 radical (unpaired) electrons. The Kier molecular flexibility index (Phi) is 27.5. The first-order chi connectivity index (χ1) is 21.2. The van der Waals surface area contributed by atoms with Crippen molar-refractivity contribution >= 4 is 39.3 Å². The Bertz CT molecular complexity index is 959. The molecule has 0 heterocycles. The van der Waals surface area contributed by atoms with E-state index in [2.05, 4.69) is 83.6 Å². The number of carbonyl (C=O) groups is 3. The van der Waals surface area contributed by atoms with Crippen LogP contribution in [0.3, 0.4) is 0 Å². The Balaban J connectivity index is 3.65. The molecule has 0 saturated heterocycles. The molecule has 44 heavy (non-hydrogen) atoms. The summed E-state index contributed by atoms with van der Waals surface area (Å²) >= 11 is 0. The Morgan fingerprint density at radius 1 is 0.659 bits per heavy atom. The van der Waals surface area contributed by atoms with Gasteiger partial charge in [-0.2, -0.15) is 0 Å². The summed E-state index contributed by atoms with van der Waals surface area (Å²) in [6.45, 7) is 6.19. The van der Waals surface area contributed by atoms with Crippen LogP contribution in [0.1, 0.15) is 72.1 Å². The standard InChI is InChI=1S/C34H55N3O5S2/c1-4-5-6-7-8-9-10-11-12-13-14-15-16-17-18-19-20-21-22-30(39)35-25-27-43-44-28-26-36-31(40)23-24-37-33(42)32(41)34(2,3)29-38/h5-6,8-9,11-12,14-15,17-18,20-21,32,38,41H,4,7,10,13,16,19,22-29H2,1-3H3,(H,35,39)(H,36,40)(H,37,42)/b6-5-,9-8-,12-11-,15-14-,18-17-,21-20-/t32-/m0/s1. The average Bonchev–Trinajstić information content (AvgIpc) is 3.01. The van der Waals surface area contributed by atoms with Crippen molar-refractivity contribution in [3.8, 4) is 0 Å². The van der Waals surface area contributed by atoms with E-state index >= 15 is 0 Å². The molecule has 0 aromatic rings. The summed E-state index contributed by atoms with van der Waals surface area (Å²) < 4.78 is 0. The predicted octanol–water partition coefficient (Wildman–Crippen LogP) is 5.57. The normalized spacial score (nSPS) is 13.3. The molecule has 0 spiro atoms. The number of aliphatic hydroxyl groups excluding tert-OH is 2. The van der Waals surface area contributed by atoms with Crippen LogP contribution in [0.4, 0.5) is 0 Å². The molecular formula is C34H55N3O5S2. The van der Waals surface area contributed by atoms with Crippen LogP contribution < -0.4 is 16.0 Å². The van der Waals surface area contributed by atoms with E-state index in [4.69, 9.17) is 0 Å². The fourth-order valence-corrected chi connectivity index (χ4v) is 5.11. The van der Waals surface area contributed by atoms with Crippen LogP contribution >= 0.6 is 21.6 Å². The Hall–Kier alpha value is -2.53. The van der Waals surface area contributed by atoms with Gasteiger partial charge in [-0.25, -0.2) is 0 Å². The summed E-state index contributed by atoms with van der Waals surface area (Å²) in [6, 6.07) is 0. The lowest BCUT2D eigenvalue weighted by molar-refractivity contribution is -0.137. The van der Waals surface area contributed by atoms with Crippen molar-refractivity contribution in [1.82, 2.24) is 16.0 Å². The molecular weight excluding hydrogens is 595 g/mol. The third kappa shape index (κ3) is 25.9. The van der Waals surface area contributed by atoms with E-state index in [1.165, 1.54) is 0 Å². The highest BCUT2D eigenvalue weighted by molar-refractivity contribution is 8.76. The number of nitrogens with one attached hydrogen (secondary N) is 3. The topological polar surface area (TPSA) is 128 Å². The number of hydrogen-bond donors (Lipinski definition) is 5. The Morgan fingerprint density at radius 2 is 1.09 bits per heavy atom. The van der Waals surface area contributed by atoms with E-state index in [0.29, 0.717) is 19.5 Å². The predicted molar refractivity (Wildman–Crippen MR) is 188 cm³/mol. The molecule has 0 aliphatic rings. The number of hydrogen-bond acceptors (Lipinski definition) is 7. The first-order valence-corrected chi connectivity index (χ1v) is 18.0. The number of carbonyl (C=O) groups excluding carboxylic acids is 3. The summed E-state index contributed by atoms with van der Waals surface area (Å²) in [5.74, 6) is 0.704. The van der Waals surface area contributed by atoms with Gasteiger partial charge in [0.1, 0.15) is 6.10 Å². The molecule has 0 aromatic heterocycles. The minimum absolute atomic E-state index is 0.00226. The van der Waals surface area contributed by atoms with Crippen LogP contribution in [0.25, 0.3) is 0 Å². The van der Waals surface area contributed by atoms with E-state index in [9.17, 15) is 24.6 Å². The second kappa shape index (κ2) is 29.2. The monoisotopic (exact) mass is 649 g/mol. The van der Waals surface area contributed by atoms with E-state index in [1.54, 1.807) is 35.4 Å². The van der Waals surface area contributed by atoms with Gasteiger partial charge in [0.05, 0.1) is 6.61 Å². The summed E-state index contributed by atoms with van der Waals surface area (Å²) in [6.07, 6.45) is 30.5.